The van der Waals surface area contributed by atoms with E-state index in [2.05, 4.69) is 4.98 Å². The van der Waals surface area contributed by atoms with Gasteiger partial charge in [-0.05, 0) is 49.9 Å². The lowest BCUT2D eigenvalue weighted by atomic mass is 10.3. The monoisotopic (exact) mass is 374 g/mol. The molecule has 0 atom stereocenters. The predicted octanol–water partition coefficient (Wildman–Crippen LogP) is 2.78. The first-order valence-electron chi connectivity index (χ1n) is 8.26. The van der Waals surface area contributed by atoms with Crippen LogP contribution in [0, 0.1) is 5.82 Å². The van der Waals surface area contributed by atoms with Crippen LogP contribution in [0.1, 0.15) is 13.8 Å². The number of aryl methyl sites for hydroxylation is 1. The number of nitrogens with zero attached hydrogens (tertiary/aromatic N) is 4. The number of hydrogen-bond donors (Lipinski definition) is 0. The van der Waals surface area contributed by atoms with Crippen molar-refractivity contribution >= 4 is 29.3 Å². The van der Waals surface area contributed by atoms with Gasteiger partial charge in [0.1, 0.15) is 16.4 Å². The second-order valence-electron chi connectivity index (χ2n) is 5.69. The zero-order valence-corrected chi connectivity index (χ0v) is 15.6. The van der Waals surface area contributed by atoms with Crippen molar-refractivity contribution in [3.05, 3.63) is 53.1 Å². The van der Waals surface area contributed by atoms with Gasteiger partial charge in [-0.15, -0.1) is 0 Å². The summed E-state index contributed by atoms with van der Waals surface area (Å²) >= 11 is 1.17. The maximum absolute atomic E-state index is 13.2. The van der Waals surface area contributed by atoms with Gasteiger partial charge in [-0.3, -0.25) is 9.59 Å². The van der Waals surface area contributed by atoms with E-state index in [4.69, 9.17) is 0 Å². The van der Waals surface area contributed by atoms with Gasteiger partial charge >= 0.3 is 0 Å². The molecule has 0 saturated carbocycles. The average Bonchev–Trinajstić information content (AvgIpc) is 3.13. The normalized spacial score (nSPS) is 14.5. The van der Waals surface area contributed by atoms with E-state index < -0.39 is 17.6 Å². The number of anilines is 1. The maximum Gasteiger partial charge on any atom is 0.283 e. The second kappa shape index (κ2) is 7.33. The first kappa shape index (κ1) is 18.2. The Morgan fingerprint density at radius 3 is 2.31 bits per heavy atom. The summed E-state index contributed by atoms with van der Waals surface area (Å²) in [6, 6.07) is 5.33. The van der Waals surface area contributed by atoms with Crippen LogP contribution < -0.4 is 4.90 Å². The lowest BCUT2D eigenvalue weighted by Gasteiger charge is -2.22. The molecule has 0 bridgehead atoms. The molecule has 1 aromatic carbocycles. The Kier molecular flexibility index (Phi) is 5.13. The third-order valence-corrected chi connectivity index (χ3v) is 5.30. The third-order valence-electron chi connectivity index (χ3n) is 4.15. The van der Waals surface area contributed by atoms with E-state index in [1.165, 1.54) is 36.0 Å². The van der Waals surface area contributed by atoms with E-state index in [0.29, 0.717) is 34.5 Å². The minimum absolute atomic E-state index is 0.331. The fraction of sp³-hybridized carbons (Fsp3) is 0.278. The molecule has 6 nitrogen and oxygen atoms in total. The van der Waals surface area contributed by atoms with Crippen LogP contribution in [-0.2, 0) is 16.6 Å². The fourth-order valence-corrected chi connectivity index (χ4v) is 3.77. The first-order chi connectivity index (χ1) is 12.5. The molecule has 2 heterocycles. The van der Waals surface area contributed by atoms with Crippen LogP contribution in [0.25, 0.3) is 0 Å². The molecule has 0 fully saturated rings. The van der Waals surface area contributed by atoms with Gasteiger partial charge in [0, 0.05) is 32.5 Å². The number of carbonyl (C=O) groups is 2. The van der Waals surface area contributed by atoms with Crippen LogP contribution in [0.2, 0.25) is 0 Å². The molecule has 0 saturated heterocycles. The van der Waals surface area contributed by atoms with E-state index in [0.717, 1.165) is 4.90 Å². The molecule has 0 N–H and O–H groups in total. The minimum atomic E-state index is -0.424. The van der Waals surface area contributed by atoms with Crippen LogP contribution in [-0.4, -0.2) is 39.4 Å². The van der Waals surface area contributed by atoms with Gasteiger partial charge in [0.25, 0.3) is 11.8 Å². The van der Waals surface area contributed by atoms with Gasteiger partial charge in [0.05, 0.1) is 5.69 Å². The molecule has 0 unspecified atom stereocenters. The van der Waals surface area contributed by atoms with Crippen molar-refractivity contribution in [1.29, 1.82) is 0 Å². The second-order valence-corrected chi connectivity index (χ2v) is 6.67. The van der Waals surface area contributed by atoms with Crippen LogP contribution in [0.4, 0.5) is 10.1 Å². The van der Waals surface area contributed by atoms with Crippen LogP contribution >= 0.6 is 11.8 Å². The number of aromatic nitrogens is 2. The molecule has 8 heteroatoms. The van der Waals surface area contributed by atoms with Crippen molar-refractivity contribution in [1.82, 2.24) is 14.5 Å². The Morgan fingerprint density at radius 1 is 1.12 bits per heavy atom. The zero-order valence-electron chi connectivity index (χ0n) is 14.8. The molecule has 2 amide bonds. The van der Waals surface area contributed by atoms with Gasteiger partial charge in [0.2, 0.25) is 0 Å². The zero-order chi connectivity index (χ0) is 18.8. The Balaban J connectivity index is 2.05. The summed E-state index contributed by atoms with van der Waals surface area (Å²) in [5, 5.41) is 0.617. The van der Waals surface area contributed by atoms with Gasteiger partial charge in [0.15, 0.2) is 5.16 Å². The Bertz CT molecular complexity index is 872. The van der Waals surface area contributed by atoms with E-state index in [1.807, 2.05) is 25.8 Å². The first-order valence-corrected chi connectivity index (χ1v) is 9.08. The van der Waals surface area contributed by atoms with Gasteiger partial charge < -0.3 is 9.47 Å². The molecule has 136 valence electrons. The lowest BCUT2D eigenvalue weighted by Crippen LogP contribution is -2.35. The summed E-state index contributed by atoms with van der Waals surface area (Å²) in [4.78, 5) is 33.6. The number of hydrogen-bond acceptors (Lipinski definition) is 5. The number of rotatable bonds is 6. The summed E-state index contributed by atoms with van der Waals surface area (Å²) in [5.74, 6) is -1.24. The van der Waals surface area contributed by atoms with Crippen molar-refractivity contribution in [2.75, 3.05) is 18.0 Å². The quantitative estimate of drug-likeness (QED) is 0.728. The third kappa shape index (κ3) is 3.12. The fourth-order valence-electron chi connectivity index (χ4n) is 2.78. The maximum atomic E-state index is 13.2. The standard InChI is InChI=1S/C18H19FN4O2S/c1-4-22(5-2)14-15(26-18-20-10-11-21(18)3)17(25)23(16(14)24)13-8-6-12(19)7-9-13/h6-11H,4-5H2,1-3H3. The van der Waals surface area contributed by atoms with Crippen molar-refractivity contribution in [3.8, 4) is 0 Å². The van der Waals surface area contributed by atoms with Crippen LogP contribution in [0.15, 0.2) is 52.4 Å². The van der Waals surface area contributed by atoms with Gasteiger partial charge in [-0.25, -0.2) is 14.3 Å². The molecule has 2 aromatic rings. The summed E-state index contributed by atoms with van der Waals surface area (Å²) in [7, 11) is 1.83. The van der Waals surface area contributed by atoms with E-state index >= 15 is 0 Å². The van der Waals surface area contributed by atoms with E-state index in [9.17, 15) is 14.0 Å². The van der Waals surface area contributed by atoms with Crippen molar-refractivity contribution in [3.63, 3.8) is 0 Å². The summed E-state index contributed by atoms with van der Waals surface area (Å²) in [6.07, 6.45) is 3.41. The minimum Gasteiger partial charge on any atom is -0.367 e. The Labute approximate surface area is 155 Å². The summed E-state index contributed by atoms with van der Waals surface area (Å²) in [6.45, 7) is 5.04. The molecule has 0 aliphatic carbocycles. The van der Waals surface area contributed by atoms with Crippen molar-refractivity contribution < 1.29 is 14.0 Å². The molecule has 3 rings (SSSR count). The SMILES string of the molecule is CCN(CC)C1=C(Sc2nccn2C)C(=O)N(c2ccc(F)cc2)C1=O. The van der Waals surface area contributed by atoms with E-state index in [1.54, 1.807) is 17.0 Å². The highest BCUT2D eigenvalue weighted by Crippen LogP contribution is 2.37. The van der Waals surface area contributed by atoms with Crippen molar-refractivity contribution in [2.24, 2.45) is 7.05 Å². The number of benzene rings is 1. The molecule has 0 radical (unpaired) electrons. The Hall–Kier alpha value is -2.61. The molecule has 0 spiro atoms. The molecule has 1 aliphatic rings. The van der Waals surface area contributed by atoms with Gasteiger partial charge in [-0.2, -0.15) is 0 Å². The number of thioether (sulfide) groups is 1. The highest BCUT2D eigenvalue weighted by molar-refractivity contribution is 8.04. The lowest BCUT2D eigenvalue weighted by molar-refractivity contribution is -0.121. The number of halogens is 1. The van der Waals surface area contributed by atoms with Gasteiger partial charge in [-0.1, -0.05) is 0 Å². The Morgan fingerprint density at radius 2 is 1.77 bits per heavy atom. The number of amides is 2. The largest absolute Gasteiger partial charge is 0.367 e. The van der Waals surface area contributed by atoms with Crippen molar-refractivity contribution in [2.45, 2.75) is 19.0 Å². The molecular weight excluding hydrogens is 355 g/mol. The number of imide groups is 1. The van der Waals surface area contributed by atoms with Crippen LogP contribution in [0.3, 0.4) is 0 Å². The van der Waals surface area contributed by atoms with Crippen LogP contribution in [0.5, 0.6) is 0 Å². The predicted molar refractivity (Wildman–Crippen MR) is 97.9 cm³/mol. The molecule has 1 aromatic heterocycles. The summed E-state index contributed by atoms with van der Waals surface area (Å²) < 4.78 is 15.0. The molecular formula is C18H19FN4O2S. The highest BCUT2D eigenvalue weighted by Gasteiger charge is 2.42. The number of likely N-dealkylation sites (N-methyl/N-ethyl adjacent to an activating group) is 1. The average molecular weight is 374 g/mol. The molecule has 26 heavy (non-hydrogen) atoms. The number of imidazole rings is 1. The number of carbonyl (C=O) groups excluding carboxylic acids is 2. The summed E-state index contributed by atoms with van der Waals surface area (Å²) in [5.41, 5.74) is 0.707. The van der Waals surface area contributed by atoms with E-state index in [-0.39, 0.29) is 0 Å². The smallest absolute Gasteiger partial charge is 0.283 e. The highest BCUT2D eigenvalue weighted by atomic mass is 32.2. The topological polar surface area (TPSA) is 58.4 Å². The molecule has 1 aliphatic heterocycles.